The quantitative estimate of drug-likeness (QED) is 0.247. The van der Waals surface area contributed by atoms with E-state index in [0.717, 1.165) is 4.68 Å². The van der Waals surface area contributed by atoms with Crippen LogP contribution in [0.5, 0.6) is 0 Å². The average Bonchev–Trinajstić information content (AvgIpc) is 3.37. The van der Waals surface area contributed by atoms with Crippen molar-refractivity contribution in [2.24, 2.45) is 0 Å². The van der Waals surface area contributed by atoms with E-state index in [4.69, 9.17) is 5.11 Å². The first-order chi connectivity index (χ1) is 12.6. The normalized spacial score (nSPS) is 15.3. The zero-order valence-corrected chi connectivity index (χ0v) is 15.7. The Morgan fingerprint density at radius 2 is 2.15 bits per heavy atom. The number of tetrazole rings is 1. The third-order valence-electron chi connectivity index (χ3n) is 3.16. The van der Waals surface area contributed by atoms with Crippen molar-refractivity contribution in [2.45, 2.75) is 6.04 Å². The van der Waals surface area contributed by atoms with E-state index >= 15 is 0 Å². The molecule has 0 amide bonds. The first-order valence-corrected chi connectivity index (χ1v) is 7.10. The maximum atomic E-state index is 11.5. The van der Waals surface area contributed by atoms with Gasteiger partial charge in [-0.15, -0.1) is 0 Å². The molecule has 0 aromatic carbocycles. The molecular formula is C14H10IrN7O5-. The monoisotopic (exact) mass is 549 g/mol. The number of hydrogen-bond acceptors (Lipinski definition) is 9. The minimum Gasteiger partial charge on any atom is -0.477 e. The molecule has 13 heteroatoms. The molecule has 3 aromatic rings. The predicted molar refractivity (Wildman–Crippen MR) is 80.0 cm³/mol. The molecule has 0 bridgehead atoms. The molecule has 1 radical (unpaired) electrons. The molecule has 4 rings (SSSR count). The number of rotatable bonds is 3. The first kappa shape index (κ1) is 20.0. The Balaban J connectivity index is 0.000000224. The Hall–Kier alpha value is -3.31. The van der Waals surface area contributed by atoms with Crippen LogP contribution in [0.3, 0.4) is 0 Å². The van der Waals surface area contributed by atoms with E-state index in [-0.39, 0.29) is 44.1 Å². The van der Waals surface area contributed by atoms with Gasteiger partial charge in [0.25, 0.3) is 0 Å². The fourth-order valence-electron chi connectivity index (χ4n) is 2.01. The molecular weight excluding hydrogens is 538 g/mol. The summed E-state index contributed by atoms with van der Waals surface area (Å²) in [5.41, 5.74) is 0.0810. The van der Waals surface area contributed by atoms with Crippen LogP contribution in [0.2, 0.25) is 0 Å². The van der Waals surface area contributed by atoms with Gasteiger partial charge in [-0.2, -0.15) is 5.10 Å². The van der Waals surface area contributed by atoms with Gasteiger partial charge in [0.15, 0.2) is 6.61 Å². The summed E-state index contributed by atoms with van der Waals surface area (Å²) in [6.07, 6.45) is 6.98. The number of cyclic esters (lactones) is 1. The smallest absolute Gasteiger partial charge is 0.354 e. The van der Waals surface area contributed by atoms with E-state index in [2.05, 4.69) is 36.4 Å². The van der Waals surface area contributed by atoms with Crippen molar-refractivity contribution in [3.8, 4) is 5.95 Å². The van der Waals surface area contributed by atoms with Gasteiger partial charge < -0.3 is 19.4 Å². The zero-order valence-electron chi connectivity index (χ0n) is 13.3. The van der Waals surface area contributed by atoms with Gasteiger partial charge in [-0.3, -0.25) is 4.79 Å². The molecule has 1 atom stereocenters. The van der Waals surface area contributed by atoms with E-state index < -0.39 is 18.0 Å². The fourth-order valence-corrected chi connectivity index (χ4v) is 2.01. The Labute approximate surface area is 164 Å². The Bertz CT molecular complexity index is 913. The number of carboxylic acid groups (broad SMARTS) is 1. The van der Waals surface area contributed by atoms with Crippen molar-refractivity contribution in [1.29, 1.82) is 0 Å². The summed E-state index contributed by atoms with van der Waals surface area (Å²) in [6, 6.07) is 3.63. The summed E-state index contributed by atoms with van der Waals surface area (Å²) < 4.78 is 7.10. The van der Waals surface area contributed by atoms with Crippen molar-refractivity contribution in [3.63, 3.8) is 0 Å². The molecule has 0 saturated carbocycles. The topological polar surface area (TPSA) is 155 Å². The predicted octanol–water partition coefficient (Wildman–Crippen LogP) is -0.897. The van der Waals surface area contributed by atoms with Gasteiger partial charge in [0.05, 0.1) is 0 Å². The summed E-state index contributed by atoms with van der Waals surface area (Å²) in [5, 5.41) is 19.1. The average molecular weight is 548 g/mol. The van der Waals surface area contributed by atoms with Crippen molar-refractivity contribution in [2.75, 3.05) is 6.61 Å². The second-order valence-corrected chi connectivity index (χ2v) is 4.81. The number of imidazole rings is 1. The van der Waals surface area contributed by atoms with E-state index in [1.807, 2.05) is 0 Å². The van der Waals surface area contributed by atoms with Crippen LogP contribution in [-0.2, 0) is 34.4 Å². The number of ketones is 1. The summed E-state index contributed by atoms with van der Waals surface area (Å²) in [7, 11) is 0. The van der Waals surface area contributed by atoms with Gasteiger partial charge in [-0.25, -0.2) is 19.3 Å². The van der Waals surface area contributed by atoms with Gasteiger partial charge >= 0.3 is 11.9 Å². The number of carboxylic acids is 1. The number of aromatic carboxylic acids is 1. The van der Waals surface area contributed by atoms with Gasteiger partial charge in [0.1, 0.15) is 11.6 Å². The number of Topliss-reactive ketones (excluding diaryl/α,β-unsaturated/α-hetero) is 1. The van der Waals surface area contributed by atoms with Crippen molar-refractivity contribution in [3.05, 3.63) is 48.8 Å². The van der Waals surface area contributed by atoms with Crippen LogP contribution in [0.4, 0.5) is 0 Å². The molecule has 0 spiro atoms. The molecule has 141 valence electrons. The number of ether oxygens (including phenoxy) is 1. The molecule has 1 N–H and O–H groups in total. The van der Waals surface area contributed by atoms with Crippen molar-refractivity contribution in [1.82, 2.24) is 34.7 Å². The van der Waals surface area contributed by atoms with Crippen molar-refractivity contribution >= 4 is 17.7 Å². The van der Waals surface area contributed by atoms with Crippen LogP contribution in [0.1, 0.15) is 16.5 Å². The first-order valence-electron chi connectivity index (χ1n) is 7.10. The second-order valence-electron chi connectivity index (χ2n) is 4.81. The number of carbonyl (C=O) groups is 3. The number of hydrogen-bond donors (Lipinski definition) is 1. The minimum absolute atomic E-state index is 0. The number of carbonyl (C=O) groups excluding carboxylic acids is 2. The van der Waals surface area contributed by atoms with E-state index in [1.54, 1.807) is 12.1 Å². The number of esters is 1. The van der Waals surface area contributed by atoms with E-state index in [1.165, 1.54) is 29.4 Å². The number of nitrogens with zero attached hydrogens (tertiary/aromatic N) is 7. The number of pyridine rings is 1. The largest absolute Gasteiger partial charge is 0.477 e. The maximum absolute atomic E-state index is 11.5. The van der Waals surface area contributed by atoms with Crippen molar-refractivity contribution < 1.29 is 44.3 Å². The van der Waals surface area contributed by atoms with E-state index in [9.17, 15) is 14.4 Å². The molecule has 3 aromatic heterocycles. The maximum Gasteiger partial charge on any atom is 0.354 e. The van der Waals surface area contributed by atoms with Crippen LogP contribution in [0.15, 0.2) is 36.9 Å². The van der Waals surface area contributed by atoms with Gasteiger partial charge in [-0.05, 0) is 29.9 Å². The summed E-state index contributed by atoms with van der Waals surface area (Å²) >= 11 is 0. The summed E-state index contributed by atoms with van der Waals surface area (Å²) in [4.78, 5) is 40.4. The van der Waals surface area contributed by atoms with Crippen LogP contribution in [-0.4, -0.2) is 64.2 Å². The van der Waals surface area contributed by atoms with Gasteiger partial charge in [0.2, 0.25) is 11.8 Å². The molecule has 1 saturated heterocycles. The van der Waals surface area contributed by atoms with Crippen LogP contribution < -0.4 is 0 Å². The Morgan fingerprint density at radius 3 is 2.67 bits per heavy atom. The molecule has 4 heterocycles. The molecule has 27 heavy (non-hydrogen) atoms. The fraction of sp³-hybridized carbons (Fsp3) is 0.143. The van der Waals surface area contributed by atoms with Gasteiger partial charge in [0, 0.05) is 26.3 Å². The third-order valence-corrected chi connectivity index (χ3v) is 3.16. The van der Waals surface area contributed by atoms with Crippen LogP contribution >= 0.6 is 0 Å². The Kier molecular flexibility index (Phi) is 6.57. The molecule has 1 unspecified atom stereocenters. The SMILES string of the molecule is O=C(O)c1ccccn1.O=C1COC(=O)C1n1nnnc1-n1[c-]cnc1.[Ir]. The second kappa shape index (κ2) is 8.87. The number of aromatic nitrogens is 7. The standard InChI is InChI=1S/C8H5N6O3.C6H5NO2.Ir/c15-5-3-17-7(16)6(5)14-8(10-11-12-14)13-2-1-9-4-13;8-6(9)5-3-1-2-4-7-5;/h1,4,6H,3H2;1-4H,(H,8,9);/q-1;;. The molecule has 1 aliphatic rings. The summed E-state index contributed by atoms with van der Waals surface area (Å²) in [6.45, 7) is -0.254. The zero-order chi connectivity index (χ0) is 18.5. The van der Waals surface area contributed by atoms with Crippen LogP contribution in [0, 0.1) is 6.20 Å². The van der Waals surface area contributed by atoms with E-state index in [0.29, 0.717) is 0 Å². The van der Waals surface area contributed by atoms with Crippen LogP contribution in [0.25, 0.3) is 5.95 Å². The third kappa shape index (κ3) is 4.46. The molecule has 1 aliphatic heterocycles. The van der Waals surface area contributed by atoms with Gasteiger partial charge in [-0.1, -0.05) is 17.5 Å². The minimum atomic E-state index is -1.13. The summed E-state index contributed by atoms with van der Waals surface area (Å²) in [5.74, 6) is -1.86. The molecule has 1 fully saturated rings. The molecule has 0 aliphatic carbocycles. The Morgan fingerprint density at radius 1 is 1.33 bits per heavy atom. The molecule has 12 nitrogen and oxygen atoms in total.